The molecule has 2 nitrogen and oxygen atoms in total. The Hall–Kier alpha value is -1.67. The van der Waals surface area contributed by atoms with Crippen molar-refractivity contribution in [3.8, 4) is 0 Å². The van der Waals surface area contributed by atoms with Crippen LogP contribution in [0, 0.1) is 0 Å². The molecule has 0 saturated heterocycles. The average Bonchev–Trinajstić information content (AvgIpc) is 2.90. The van der Waals surface area contributed by atoms with Crippen molar-refractivity contribution >= 4 is 0 Å². The number of nitrogens with zero attached hydrogens (tertiary/aromatic N) is 1. The molecule has 0 saturated carbocycles. The van der Waals surface area contributed by atoms with E-state index in [4.69, 9.17) is 5.73 Å². The third-order valence-corrected chi connectivity index (χ3v) is 4.17. The highest BCUT2D eigenvalue weighted by Crippen LogP contribution is 2.36. The van der Waals surface area contributed by atoms with Crippen molar-refractivity contribution in [1.29, 1.82) is 0 Å². The van der Waals surface area contributed by atoms with Crippen LogP contribution in [-0.4, -0.2) is 4.98 Å². The van der Waals surface area contributed by atoms with Gasteiger partial charge in [0.2, 0.25) is 0 Å². The number of aryl methyl sites for hydroxylation is 1. The van der Waals surface area contributed by atoms with E-state index in [2.05, 4.69) is 42.2 Å². The summed E-state index contributed by atoms with van der Waals surface area (Å²) in [6, 6.07) is 13.2. The quantitative estimate of drug-likeness (QED) is 0.907. The Balaban J connectivity index is 1.88. The average molecular weight is 252 g/mol. The molecule has 2 atom stereocenters. The Kier molecular flexibility index (Phi) is 3.34. The highest BCUT2D eigenvalue weighted by atomic mass is 14.7. The number of benzene rings is 1. The van der Waals surface area contributed by atoms with Crippen LogP contribution in [0.1, 0.15) is 54.1 Å². The summed E-state index contributed by atoms with van der Waals surface area (Å²) in [5, 5.41) is 0. The van der Waals surface area contributed by atoms with E-state index in [-0.39, 0.29) is 6.04 Å². The first-order valence-electron chi connectivity index (χ1n) is 7.09. The van der Waals surface area contributed by atoms with Gasteiger partial charge in [-0.3, -0.25) is 4.98 Å². The molecule has 0 amide bonds. The highest BCUT2D eigenvalue weighted by Gasteiger charge is 2.24. The summed E-state index contributed by atoms with van der Waals surface area (Å²) in [7, 11) is 0. The van der Waals surface area contributed by atoms with E-state index in [1.165, 1.54) is 28.8 Å². The molecule has 98 valence electrons. The van der Waals surface area contributed by atoms with Gasteiger partial charge in [0.25, 0.3) is 0 Å². The Morgan fingerprint density at radius 1 is 1.26 bits per heavy atom. The Labute approximate surface area is 114 Å². The molecule has 0 spiro atoms. The van der Waals surface area contributed by atoms with E-state index in [1.807, 2.05) is 12.3 Å². The molecule has 1 aromatic carbocycles. The van der Waals surface area contributed by atoms with Crippen LogP contribution < -0.4 is 5.73 Å². The molecule has 3 rings (SSSR count). The van der Waals surface area contributed by atoms with Crippen molar-refractivity contribution in [2.45, 2.75) is 38.1 Å². The predicted octanol–water partition coefficient (Wildman–Crippen LogP) is 3.57. The second kappa shape index (κ2) is 5.14. The second-order valence-electron chi connectivity index (χ2n) is 5.32. The van der Waals surface area contributed by atoms with Crippen LogP contribution >= 0.6 is 0 Å². The maximum Gasteiger partial charge on any atom is 0.0510 e. The minimum Gasteiger partial charge on any atom is -0.324 e. The van der Waals surface area contributed by atoms with E-state index in [9.17, 15) is 0 Å². The number of aromatic nitrogens is 1. The smallest absolute Gasteiger partial charge is 0.0510 e. The molecule has 19 heavy (non-hydrogen) atoms. The molecule has 1 aromatic heterocycles. The molecule has 0 aliphatic heterocycles. The summed E-state index contributed by atoms with van der Waals surface area (Å²) < 4.78 is 0. The molecule has 1 heterocycles. The normalized spacial score (nSPS) is 19.2. The fourth-order valence-corrected chi connectivity index (χ4v) is 2.95. The first-order chi connectivity index (χ1) is 9.29. The van der Waals surface area contributed by atoms with Crippen molar-refractivity contribution in [1.82, 2.24) is 4.98 Å². The lowest BCUT2D eigenvalue weighted by atomic mass is 9.94. The van der Waals surface area contributed by atoms with Crippen LogP contribution in [0.2, 0.25) is 0 Å². The second-order valence-corrected chi connectivity index (χ2v) is 5.32. The third-order valence-electron chi connectivity index (χ3n) is 4.17. The maximum absolute atomic E-state index is 6.06. The molecular formula is C17H20N2. The summed E-state index contributed by atoms with van der Waals surface area (Å²) in [6.45, 7) is 2.12. The van der Waals surface area contributed by atoms with Crippen LogP contribution in [0.25, 0.3) is 0 Å². The van der Waals surface area contributed by atoms with E-state index in [1.54, 1.807) is 0 Å². The number of nitrogens with two attached hydrogens (primary N) is 1. The van der Waals surface area contributed by atoms with Crippen molar-refractivity contribution < 1.29 is 0 Å². The molecule has 2 heteroatoms. The Morgan fingerprint density at radius 3 is 2.79 bits per heavy atom. The molecule has 0 radical (unpaired) electrons. The van der Waals surface area contributed by atoms with Crippen molar-refractivity contribution in [2.75, 3.05) is 0 Å². The van der Waals surface area contributed by atoms with Crippen molar-refractivity contribution in [3.63, 3.8) is 0 Å². The minimum absolute atomic E-state index is 0.156. The topological polar surface area (TPSA) is 38.9 Å². The lowest BCUT2D eigenvalue weighted by Crippen LogP contribution is -2.08. The molecular weight excluding hydrogens is 232 g/mol. The Morgan fingerprint density at radius 2 is 2.05 bits per heavy atom. The van der Waals surface area contributed by atoms with E-state index in [0.29, 0.717) is 5.92 Å². The first-order valence-corrected chi connectivity index (χ1v) is 7.09. The fourth-order valence-electron chi connectivity index (χ4n) is 2.95. The van der Waals surface area contributed by atoms with Gasteiger partial charge in [-0.1, -0.05) is 37.3 Å². The van der Waals surface area contributed by atoms with Gasteiger partial charge < -0.3 is 5.73 Å². The van der Waals surface area contributed by atoms with Gasteiger partial charge in [0, 0.05) is 18.2 Å². The summed E-state index contributed by atoms with van der Waals surface area (Å²) >= 11 is 0. The van der Waals surface area contributed by atoms with Crippen LogP contribution in [0.15, 0.2) is 42.6 Å². The monoisotopic (exact) mass is 252 g/mol. The zero-order chi connectivity index (χ0) is 13.2. The van der Waals surface area contributed by atoms with Gasteiger partial charge in [-0.2, -0.15) is 0 Å². The predicted molar refractivity (Wildman–Crippen MR) is 78.1 cm³/mol. The summed E-state index contributed by atoms with van der Waals surface area (Å²) in [5.41, 5.74) is 11.3. The summed E-state index contributed by atoms with van der Waals surface area (Å²) in [4.78, 5) is 4.57. The Bertz CT molecular complexity index is 560. The van der Waals surface area contributed by atoms with E-state index >= 15 is 0 Å². The summed E-state index contributed by atoms with van der Waals surface area (Å²) in [6.07, 6.45) is 5.20. The number of hydrogen-bond donors (Lipinski definition) is 1. The van der Waals surface area contributed by atoms with Gasteiger partial charge in [0.05, 0.1) is 5.69 Å². The van der Waals surface area contributed by atoms with Gasteiger partial charge >= 0.3 is 0 Å². The van der Waals surface area contributed by atoms with Gasteiger partial charge in [0.15, 0.2) is 0 Å². The third kappa shape index (κ3) is 2.28. The molecule has 2 unspecified atom stereocenters. The number of hydrogen-bond acceptors (Lipinski definition) is 2. The zero-order valence-corrected chi connectivity index (χ0v) is 11.3. The van der Waals surface area contributed by atoms with E-state index < -0.39 is 0 Å². The number of pyridine rings is 1. The lowest BCUT2D eigenvalue weighted by molar-refractivity contribution is 0.696. The van der Waals surface area contributed by atoms with Crippen LogP contribution in [-0.2, 0) is 6.42 Å². The van der Waals surface area contributed by atoms with Gasteiger partial charge in [-0.25, -0.2) is 0 Å². The molecule has 1 aliphatic carbocycles. The molecule has 2 N–H and O–H groups in total. The van der Waals surface area contributed by atoms with Gasteiger partial charge in [-0.05, 0) is 42.0 Å². The number of fused-ring (bicyclic) bond motifs is 1. The summed E-state index contributed by atoms with van der Waals surface area (Å²) in [5.74, 6) is 0.461. The van der Waals surface area contributed by atoms with Crippen LogP contribution in [0.3, 0.4) is 0 Å². The standard InChI is InChI=1S/C17H20N2/c1-2-16(18)13-7-5-12(6-8-13)15-10-9-14-4-3-11-19-17(14)15/h3-8,11,15-16H,2,9-10,18H2,1H3. The SMILES string of the molecule is CCC(N)c1ccc(C2CCc3cccnc32)cc1. The lowest BCUT2D eigenvalue weighted by Gasteiger charge is -2.14. The van der Waals surface area contributed by atoms with Crippen molar-refractivity contribution in [3.05, 3.63) is 65.0 Å². The molecule has 1 aliphatic rings. The highest BCUT2D eigenvalue weighted by molar-refractivity contribution is 5.39. The van der Waals surface area contributed by atoms with Gasteiger partial charge in [0.1, 0.15) is 0 Å². The van der Waals surface area contributed by atoms with Crippen LogP contribution in [0.4, 0.5) is 0 Å². The minimum atomic E-state index is 0.156. The molecule has 0 fully saturated rings. The largest absolute Gasteiger partial charge is 0.324 e. The first kappa shape index (κ1) is 12.4. The van der Waals surface area contributed by atoms with Crippen molar-refractivity contribution in [2.24, 2.45) is 5.73 Å². The molecule has 0 bridgehead atoms. The van der Waals surface area contributed by atoms with Gasteiger partial charge in [-0.15, -0.1) is 0 Å². The van der Waals surface area contributed by atoms with Crippen LogP contribution in [0.5, 0.6) is 0 Å². The maximum atomic E-state index is 6.06. The zero-order valence-electron chi connectivity index (χ0n) is 11.3. The molecule has 2 aromatic rings. The number of rotatable bonds is 3. The van der Waals surface area contributed by atoms with E-state index in [0.717, 1.165) is 12.8 Å². The fraction of sp³-hybridized carbons (Fsp3) is 0.353.